The summed E-state index contributed by atoms with van der Waals surface area (Å²) in [6, 6.07) is 17.6. The van der Waals surface area contributed by atoms with E-state index in [-0.39, 0.29) is 17.9 Å². The van der Waals surface area contributed by atoms with Gasteiger partial charge in [0.2, 0.25) is 5.91 Å². The van der Waals surface area contributed by atoms with Crippen molar-refractivity contribution in [2.75, 3.05) is 31.5 Å². The SMILES string of the molecule is CCN(CC)Cc1ccccc1CNC(=O)N1CCCC(C(=O)Nc2ccccc2)C1. The Kier molecular flexibility index (Phi) is 8.47. The van der Waals surface area contributed by atoms with Gasteiger partial charge in [-0.3, -0.25) is 9.69 Å². The Morgan fingerprint density at radius 3 is 2.39 bits per heavy atom. The molecule has 1 unspecified atom stereocenters. The van der Waals surface area contributed by atoms with Crippen molar-refractivity contribution in [1.29, 1.82) is 0 Å². The molecule has 1 saturated heterocycles. The van der Waals surface area contributed by atoms with Gasteiger partial charge in [0, 0.05) is 31.9 Å². The Morgan fingerprint density at radius 1 is 1.00 bits per heavy atom. The van der Waals surface area contributed by atoms with Crippen molar-refractivity contribution in [3.8, 4) is 0 Å². The Hall–Kier alpha value is -2.86. The fraction of sp³-hybridized carbons (Fsp3) is 0.440. The monoisotopic (exact) mass is 422 g/mol. The van der Waals surface area contributed by atoms with Crippen LogP contribution in [0.25, 0.3) is 0 Å². The van der Waals surface area contributed by atoms with Gasteiger partial charge in [0.15, 0.2) is 0 Å². The van der Waals surface area contributed by atoms with Gasteiger partial charge in [0.1, 0.15) is 0 Å². The molecule has 0 spiro atoms. The zero-order valence-corrected chi connectivity index (χ0v) is 18.6. The van der Waals surface area contributed by atoms with Crippen molar-refractivity contribution in [3.05, 3.63) is 65.7 Å². The van der Waals surface area contributed by atoms with Crippen LogP contribution in [-0.4, -0.2) is 47.9 Å². The number of amides is 3. The van der Waals surface area contributed by atoms with E-state index in [0.29, 0.717) is 19.6 Å². The molecule has 166 valence electrons. The maximum Gasteiger partial charge on any atom is 0.317 e. The smallest absolute Gasteiger partial charge is 0.317 e. The number of carbonyl (C=O) groups is 2. The van der Waals surface area contributed by atoms with Crippen molar-refractivity contribution >= 4 is 17.6 Å². The minimum atomic E-state index is -0.186. The minimum Gasteiger partial charge on any atom is -0.334 e. The van der Waals surface area contributed by atoms with Crippen LogP contribution in [-0.2, 0) is 17.9 Å². The number of rotatable bonds is 8. The van der Waals surface area contributed by atoms with Crippen molar-refractivity contribution in [2.45, 2.75) is 39.8 Å². The molecular formula is C25H34N4O2. The van der Waals surface area contributed by atoms with E-state index in [9.17, 15) is 9.59 Å². The Balaban J connectivity index is 1.54. The fourth-order valence-corrected chi connectivity index (χ4v) is 4.00. The second kappa shape index (κ2) is 11.5. The van der Waals surface area contributed by atoms with Crippen LogP contribution < -0.4 is 10.6 Å². The van der Waals surface area contributed by atoms with Crippen molar-refractivity contribution in [2.24, 2.45) is 5.92 Å². The van der Waals surface area contributed by atoms with Crippen LogP contribution in [0.2, 0.25) is 0 Å². The van der Waals surface area contributed by atoms with E-state index in [1.807, 2.05) is 42.5 Å². The number of urea groups is 1. The number of hydrogen-bond acceptors (Lipinski definition) is 3. The number of carbonyl (C=O) groups excluding carboxylic acids is 2. The van der Waals surface area contributed by atoms with Crippen LogP contribution in [0.5, 0.6) is 0 Å². The highest BCUT2D eigenvalue weighted by molar-refractivity contribution is 5.93. The van der Waals surface area contributed by atoms with Crippen LogP contribution >= 0.6 is 0 Å². The van der Waals surface area contributed by atoms with Gasteiger partial charge in [0.05, 0.1) is 5.92 Å². The lowest BCUT2D eigenvalue weighted by Gasteiger charge is -2.32. The number of para-hydroxylation sites is 1. The van der Waals surface area contributed by atoms with E-state index in [0.717, 1.165) is 43.7 Å². The number of hydrogen-bond donors (Lipinski definition) is 2. The first-order valence-corrected chi connectivity index (χ1v) is 11.3. The van der Waals surface area contributed by atoms with E-state index in [1.165, 1.54) is 5.56 Å². The molecule has 1 heterocycles. The van der Waals surface area contributed by atoms with E-state index >= 15 is 0 Å². The molecule has 0 radical (unpaired) electrons. The summed E-state index contributed by atoms with van der Waals surface area (Å²) < 4.78 is 0. The van der Waals surface area contributed by atoms with Gasteiger partial charge in [-0.25, -0.2) is 4.79 Å². The molecule has 1 atom stereocenters. The first-order chi connectivity index (χ1) is 15.1. The molecule has 6 heteroatoms. The van der Waals surface area contributed by atoms with E-state index in [1.54, 1.807) is 4.90 Å². The first-order valence-electron chi connectivity index (χ1n) is 11.3. The molecule has 31 heavy (non-hydrogen) atoms. The highest BCUT2D eigenvalue weighted by Gasteiger charge is 2.28. The lowest BCUT2D eigenvalue weighted by atomic mass is 9.97. The first kappa shape index (κ1) is 22.8. The normalized spacial score (nSPS) is 16.2. The van der Waals surface area contributed by atoms with Crippen LogP contribution in [0, 0.1) is 5.92 Å². The molecule has 1 aliphatic rings. The van der Waals surface area contributed by atoms with Gasteiger partial charge < -0.3 is 15.5 Å². The topological polar surface area (TPSA) is 64.7 Å². The molecule has 0 aromatic heterocycles. The van der Waals surface area contributed by atoms with Crippen LogP contribution in [0.3, 0.4) is 0 Å². The summed E-state index contributed by atoms with van der Waals surface area (Å²) in [4.78, 5) is 29.6. The summed E-state index contributed by atoms with van der Waals surface area (Å²) in [5, 5.41) is 6.03. The van der Waals surface area contributed by atoms with Gasteiger partial charge in [-0.05, 0) is 49.2 Å². The molecule has 6 nitrogen and oxygen atoms in total. The molecule has 0 bridgehead atoms. The van der Waals surface area contributed by atoms with Crippen LogP contribution in [0.1, 0.15) is 37.8 Å². The van der Waals surface area contributed by atoms with Gasteiger partial charge in [0.25, 0.3) is 0 Å². The van der Waals surface area contributed by atoms with Crippen LogP contribution in [0.4, 0.5) is 10.5 Å². The highest BCUT2D eigenvalue weighted by Crippen LogP contribution is 2.19. The Morgan fingerprint density at radius 2 is 1.68 bits per heavy atom. The van der Waals surface area contributed by atoms with E-state index in [2.05, 4.69) is 41.5 Å². The molecular weight excluding hydrogens is 388 g/mol. The Labute approximate surface area is 185 Å². The summed E-state index contributed by atoms with van der Waals surface area (Å²) >= 11 is 0. The number of anilines is 1. The second-order valence-corrected chi connectivity index (χ2v) is 8.03. The van der Waals surface area contributed by atoms with Gasteiger partial charge >= 0.3 is 6.03 Å². The molecule has 1 aliphatic heterocycles. The second-order valence-electron chi connectivity index (χ2n) is 8.03. The molecule has 0 aliphatic carbocycles. The molecule has 1 fully saturated rings. The fourth-order valence-electron chi connectivity index (χ4n) is 4.00. The third-order valence-electron chi connectivity index (χ3n) is 5.96. The maximum absolute atomic E-state index is 12.8. The van der Waals surface area contributed by atoms with Crippen LogP contribution in [0.15, 0.2) is 54.6 Å². The highest BCUT2D eigenvalue weighted by atomic mass is 16.2. The van der Waals surface area contributed by atoms with Crippen molar-refractivity contribution in [3.63, 3.8) is 0 Å². The summed E-state index contributed by atoms with van der Waals surface area (Å²) in [5.41, 5.74) is 3.17. The molecule has 2 aromatic carbocycles. The lowest BCUT2D eigenvalue weighted by Crippen LogP contribution is -2.47. The number of nitrogens with one attached hydrogen (secondary N) is 2. The predicted molar refractivity (Wildman–Crippen MR) is 125 cm³/mol. The predicted octanol–water partition coefficient (Wildman–Crippen LogP) is 4.09. The third-order valence-corrected chi connectivity index (χ3v) is 5.96. The average Bonchev–Trinajstić information content (AvgIpc) is 2.82. The quantitative estimate of drug-likeness (QED) is 0.673. The summed E-state index contributed by atoms with van der Waals surface area (Å²) in [5.74, 6) is -0.206. The minimum absolute atomic E-state index is 0.0201. The average molecular weight is 423 g/mol. The summed E-state index contributed by atoms with van der Waals surface area (Å²) in [7, 11) is 0. The molecule has 0 saturated carbocycles. The summed E-state index contributed by atoms with van der Waals surface area (Å²) in [6.45, 7) is 8.82. The van der Waals surface area contributed by atoms with Gasteiger partial charge in [-0.1, -0.05) is 56.3 Å². The number of benzene rings is 2. The van der Waals surface area contributed by atoms with Crippen molar-refractivity contribution < 1.29 is 9.59 Å². The maximum atomic E-state index is 12.8. The van der Waals surface area contributed by atoms with Crippen molar-refractivity contribution in [1.82, 2.24) is 15.1 Å². The number of likely N-dealkylation sites (tertiary alicyclic amines) is 1. The molecule has 3 rings (SSSR count). The van der Waals surface area contributed by atoms with Gasteiger partial charge in [-0.15, -0.1) is 0 Å². The zero-order valence-electron chi connectivity index (χ0n) is 18.6. The molecule has 2 aromatic rings. The van der Waals surface area contributed by atoms with E-state index in [4.69, 9.17) is 0 Å². The number of piperidine rings is 1. The molecule has 2 N–H and O–H groups in total. The zero-order chi connectivity index (χ0) is 22.1. The van der Waals surface area contributed by atoms with E-state index < -0.39 is 0 Å². The third kappa shape index (κ3) is 6.56. The summed E-state index contributed by atoms with van der Waals surface area (Å²) in [6.07, 6.45) is 1.63. The van der Waals surface area contributed by atoms with Gasteiger partial charge in [-0.2, -0.15) is 0 Å². The number of nitrogens with zero attached hydrogens (tertiary/aromatic N) is 2. The lowest BCUT2D eigenvalue weighted by molar-refractivity contribution is -0.121. The molecule has 3 amide bonds. The largest absolute Gasteiger partial charge is 0.334 e. The standard InChI is InChI=1S/C25H34N4O2/c1-3-28(4-2)18-21-12-9-8-11-20(21)17-26-25(31)29-16-10-13-22(19-29)24(30)27-23-14-6-5-7-15-23/h5-9,11-12,14-15,22H,3-4,10,13,16-19H2,1-2H3,(H,26,31)(H,27,30). The Bertz CT molecular complexity index is 852.